The predicted molar refractivity (Wildman–Crippen MR) is 84.1 cm³/mol. The summed E-state index contributed by atoms with van der Waals surface area (Å²) < 4.78 is 10.5. The van der Waals surface area contributed by atoms with Crippen LogP contribution in [0.2, 0.25) is 0 Å². The summed E-state index contributed by atoms with van der Waals surface area (Å²) in [4.78, 5) is 22.8. The van der Waals surface area contributed by atoms with Crippen LogP contribution in [0, 0.1) is 0 Å². The summed E-state index contributed by atoms with van der Waals surface area (Å²) in [5, 5.41) is 2.08. The molecule has 0 aromatic heterocycles. The van der Waals surface area contributed by atoms with Crippen molar-refractivity contribution in [2.45, 2.75) is 39.9 Å². The van der Waals surface area contributed by atoms with Crippen LogP contribution in [0.15, 0.2) is 36.4 Å². The second-order valence-electron chi connectivity index (χ2n) is 4.95. The van der Waals surface area contributed by atoms with Gasteiger partial charge >= 0.3 is 11.9 Å². The van der Waals surface area contributed by atoms with Gasteiger partial charge in [-0.05, 0) is 16.3 Å². The van der Waals surface area contributed by atoms with Crippen LogP contribution in [-0.2, 0) is 32.3 Å². The van der Waals surface area contributed by atoms with E-state index in [1.807, 2.05) is 36.4 Å². The molecule has 2 aromatic carbocycles. The van der Waals surface area contributed by atoms with E-state index in [0.717, 1.165) is 21.9 Å². The first-order valence-electron chi connectivity index (χ1n) is 7.46. The normalized spacial score (nSPS) is 10.5. The van der Waals surface area contributed by atoms with Gasteiger partial charge in [-0.2, -0.15) is 0 Å². The van der Waals surface area contributed by atoms with Gasteiger partial charge in [0, 0.05) is 18.4 Å². The second-order valence-corrected chi connectivity index (χ2v) is 4.95. The van der Waals surface area contributed by atoms with Crippen LogP contribution in [0.3, 0.4) is 0 Å². The molecule has 0 amide bonds. The number of benzene rings is 2. The summed E-state index contributed by atoms with van der Waals surface area (Å²) in [6.45, 7) is 3.89. The summed E-state index contributed by atoms with van der Waals surface area (Å²) >= 11 is 0. The number of hydrogen-bond acceptors (Lipinski definition) is 4. The van der Waals surface area contributed by atoms with E-state index in [1.54, 1.807) is 13.8 Å². The van der Waals surface area contributed by atoms with Crippen LogP contribution < -0.4 is 0 Å². The van der Waals surface area contributed by atoms with Crippen LogP contribution in [0.5, 0.6) is 0 Å². The number of carbonyl (C=O) groups excluding carboxylic acids is 2. The minimum absolute atomic E-state index is 0.188. The number of rotatable bonds is 6. The van der Waals surface area contributed by atoms with E-state index < -0.39 is 0 Å². The Morgan fingerprint density at radius 1 is 0.864 bits per heavy atom. The maximum atomic E-state index is 11.4. The van der Waals surface area contributed by atoms with Gasteiger partial charge < -0.3 is 9.47 Å². The average Bonchev–Trinajstić information content (AvgIpc) is 2.57. The van der Waals surface area contributed by atoms with Crippen molar-refractivity contribution < 1.29 is 19.1 Å². The van der Waals surface area contributed by atoms with Gasteiger partial charge in [-0.15, -0.1) is 0 Å². The third kappa shape index (κ3) is 3.85. The Morgan fingerprint density at radius 3 is 2.18 bits per heavy atom. The molecule has 0 radical (unpaired) electrons. The lowest BCUT2D eigenvalue weighted by atomic mass is 10.00. The summed E-state index contributed by atoms with van der Waals surface area (Å²) in [5.74, 6) is -0.492. The van der Waals surface area contributed by atoms with Gasteiger partial charge in [0.25, 0.3) is 0 Å². The lowest BCUT2D eigenvalue weighted by Gasteiger charge is -2.13. The van der Waals surface area contributed by atoms with Gasteiger partial charge in [0.1, 0.15) is 13.2 Å². The molecule has 0 aliphatic carbocycles. The Bertz CT molecular complexity index is 676. The van der Waals surface area contributed by atoms with E-state index in [1.165, 1.54) is 0 Å². The molecule has 0 N–H and O–H groups in total. The largest absolute Gasteiger partial charge is 0.461 e. The highest BCUT2D eigenvalue weighted by Crippen LogP contribution is 2.24. The third-order valence-electron chi connectivity index (χ3n) is 3.48. The van der Waals surface area contributed by atoms with Crippen molar-refractivity contribution in [3.63, 3.8) is 0 Å². The van der Waals surface area contributed by atoms with Crippen molar-refractivity contribution in [1.82, 2.24) is 0 Å². The molecular formula is C18H20O4. The quantitative estimate of drug-likeness (QED) is 0.762. The summed E-state index contributed by atoms with van der Waals surface area (Å²) in [7, 11) is 0. The average molecular weight is 300 g/mol. The zero-order valence-electron chi connectivity index (χ0n) is 12.9. The molecular weight excluding hydrogens is 280 g/mol. The molecule has 0 aliphatic heterocycles. The van der Waals surface area contributed by atoms with Gasteiger partial charge in [0.05, 0.1) is 0 Å². The topological polar surface area (TPSA) is 52.6 Å². The molecule has 2 aromatic rings. The zero-order valence-corrected chi connectivity index (χ0v) is 12.9. The molecule has 0 spiro atoms. The maximum Gasteiger partial charge on any atom is 0.305 e. The molecule has 4 nitrogen and oxygen atoms in total. The first-order chi connectivity index (χ1) is 10.7. The minimum Gasteiger partial charge on any atom is -0.461 e. The fourth-order valence-electron chi connectivity index (χ4n) is 2.20. The van der Waals surface area contributed by atoms with Gasteiger partial charge in [0.15, 0.2) is 0 Å². The highest BCUT2D eigenvalue weighted by atomic mass is 16.5. The smallest absolute Gasteiger partial charge is 0.305 e. The highest BCUT2D eigenvalue weighted by Gasteiger charge is 2.11. The van der Waals surface area contributed by atoms with Crippen molar-refractivity contribution in [2.75, 3.05) is 0 Å². The summed E-state index contributed by atoms with van der Waals surface area (Å²) in [6.07, 6.45) is 0.679. The van der Waals surface area contributed by atoms with E-state index in [9.17, 15) is 9.59 Å². The fraction of sp³-hybridized carbons (Fsp3) is 0.333. The van der Waals surface area contributed by atoms with Crippen molar-refractivity contribution >= 4 is 22.7 Å². The Kier molecular flexibility index (Phi) is 5.53. The zero-order chi connectivity index (χ0) is 15.9. The monoisotopic (exact) mass is 300 g/mol. The highest BCUT2D eigenvalue weighted by molar-refractivity contribution is 5.87. The molecule has 0 saturated carbocycles. The van der Waals surface area contributed by atoms with Gasteiger partial charge in [0.2, 0.25) is 0 Å². The Labute approximate surface area is 130 Å². The molecule has 116 valence electrons. The van der Waals surface area contributed by atoms with Crippen LogP contribution in [0.25, 0.3) is 10.8 Å². The molecule has 4 heteroatoms. The molecule has 0 fully saturated rings. The minimum atomic E-state index is -0.246. The number of carbonyl (C=O) groups is 2. The first-order valence-corrected chi connectivity index (χ1v) is 7.46. The van der Waals surface area contributed by atoms with Crippen LogP contribution >= 0.6 is 0 Å². The van der Waals surface area contributed by atoms with Crippen molar-refractivity contribution in [2.24, 2.45) is 0 Å². The van der Waals surface area contributed by atoms with Crippen molar-refractivity contribution in [3.05, 3.63) is 47.5 Å². The SMILES string of the molecule is CCC(=O)OCc1ccc2ccccc2c1COC(=O)CC. The van der Waals surface area contributed by atoms with E-state index >= 15 is 0 Å². The number of ether oxygens (including phenoxy) is 2. The molecule has 0 saturated heterocycles. The fourth-order valence-corrected chi connectivity index (χ4v) is 2.20. The van der Waals surface area contributed by atoms with E-state index in [0.29, 0.717) is 12.8 Å². The van der Waals surface area contributed by atoms with Crippen LogP contribution in [-0.4, -0.2) is 11.9 Å². The number of hydrogen-bond donors (Lipinski definition) is 0. The molecule has 0 atom stereocenters. The van der Waals surface area contributed by atoms with Crippen molar-refractivity contribution in [1.29, 1.82) is 0 Å². The number of esters is 2. The Hall–Kier alpha value is -2.36. The van der Waals surface area contributed by atoms with Gasteiger partial charge in [-0.1, -0.05) is 50.2 Å². The van der Waals surface area contributed by atoms with E-state index in [-0.39, 0.29) is 25.2 Å². The van der Waals surface area contributed by atoms with Crippen molar-refractivity contribution in [3.8, 4) is 0 Å². The Balaban J connectivity index is 2.32. The molecule has 0 heterocycles. The molecule has 0 unspecified atom stereocenters. The summed E-state index contributed by atoms with van der Waals surface area (Å²) in [5.41, 5.74) is 1.76. The predicted octanol–water partition coefficient (Wildman–Crippen LogP) is 3.75. The summed E-state index contributed by atoms with van der Waals surface area (Å²) in [6, 6.07) is 11.8. The van der Waals surface area contributed by atoms with E-state index in [2.05, 4.69) is 0 Å². The first kappa shape index (κ1) is 16.0. The molecule has 2 rings (SSSR count). The van der Waals surface area contributed by atoms with E-state index in [4.69, 9.17) is 9.47 Å². The lowest BCUT2D eigenvalue weighted by molar-refractivity contribution is -0.146. The van der Waals surface area contributed by atoms with Crippen LogP contribution in [0.4, 0.5) is 0 Å². The van der Waals surface area contributed by atoms with Gasteiger partial charge in [-0.25, -0.2) is 0 Å². The molecule has 0 aliphatic rings. The third-order valence-corrected chi connectivity index (χ3v) is 3.48. The number of fused-ring (bicyclic) bond motifs is 1. The maximum absolute atomic E-state index is 11.4. The molecule has 22 heavy (non-hydrogen) atoms. The lowest BCUT2D eigenvalue weighted by Crippen LogP contribution is -2.08. The Morgan fingerprint density at radius 2 is 1.50 bits per heavy atom. The van der Waals surface area contributed by atoms with Gasteiger partial charge in [-0.3, -0.25) is 9.59 Å². The molecule has 0 bridgehead atoms. The second kappa shape index (κ2) is 7.59. The van der Waals surface area contributed by atoms with Crippen LogP contribution in [0.1, 0.15) is 37.8 Å². The standard InChI is InChI=1S/C18H20O4/c1-3-17(19)21-11-14-10-9-13-7-5-6-8-15(13)16(14)12-22-18(20)4-2/h5-10H,3-4,11-12H2,1-2H3.